The number of hydrogen-bond acceptors (Lipinski definition) is 2. The van der Waals surface area contributed by atoms with Gasteiger partial charge in [0.2, 0.25) is 5.91 Å². The lowest BCUT2D eigenvalue weighted by Gasteiger charge is -2.19. The zero-order chi connectivity index (χ0) is 15.3. The van der Waals surface area contributed by atoms with E-state index in [1.165, 1.54) is 13.0 Å². The fraction of sp³-hybridized carbons (Fsp3) is 0.357. The molecule has 0 bridgehead atoms. The predicted octanol–water partition coefficient (Wildman–Crippen LogP) is 2.44. The summed E-state index contributed by atoms with van der Waals surface area (Å²) in [6, 6.07) is 4.95. The zero-order valence-corrected chi connectivity index (χ0v) is 11.2. The van der Waals surface area contributed by atoms with Crippen LogP contribution in [0.3, 0.4) is 0 Å². The molecule has 0 saturated heterocycles. The number of carbonyl (C=O) groups excluding carboxylic acids is 1. The molecule has 0 fully saturated rings. The second kappa shape index (κ2) is 6.56. The van der Waals surface area contributed by atoms with E-state index in [0.29, 0.717) is 0 Å². The Kier molecular flexibility index (Phi) is 5.33. The molecule has 3 nitrogen and oxygen atoms in total. The highest BCUT2D eigenvalue weighted by Crippen LogP contribution is 2.20. The highest BCUT2D eigenvalue weighted by atomic mass is 19.4. The minimum atomic E-state index is -4.67. The summed E-state index contributed by atoms with van der Waals surface area (Å²) in [4.78, 5) is 11.6. The average molecular weight is 287 g/mol. The zero-order valence-electron chi connectivity index (χ0n) is 11.2. The Morgan fingerprint density at radius 2 is 1.90 bits per heavy atom. The number of carbonyl (C=O) groups is 1. The van der Waals surface area contributed by atoms with E-state index < -0.39 is 24.7 Å². The second-order valence-corrected chi connectivity index (χ2v) is 4.49. The van der Waals surface area contributed by atoms with Crippen LogP contribution in [0.25, 0.3) is 6.08 Å². The van der Waals surface area contributed by atoms with E-state index in [-0.39, 0.29) is 5.57 Å². The fourth-order valence-corrected chi connectivity index (χ4v) is 1.48. The molecule has 0 aliphatic carbocycles. The van der Waals surface area contributed by atoms with Gasteiger partial charge in [0.15, 0.2) is 0 Å². The number of alkyl halides is 3. The normalized spacial score (nSPS) is 14.0. The molecule has 1 unspecified atom stereocenters. The molecule has 1 atom stereocenters. The van der Waals surface area contributed by atoms with E-state index in [4.69, 9.17) is 5.11 Å². The third-order valence-electron chi connectivity index (χ3n) is 2.70. The Morgan fingerprint density at radius 1 is 1.35 bits per heavy atom. The molecule has 1 rings (SSSR count). The summed E-state index contributed by atoms with van der Waals surface area (Å²) in [6.07, 6.45) is -3.19. The number of rotatable bonds is 4. The molecule has 6 heteroatoms. The van der Waals surface area contributed by atoms with Crippen molar-refractivity contribution in [2.75, 3.05) is 6.61 Å². The summed E-state index contributed by atoms with van der Waals surface area (Å²) in [5.41, 5.74) is 1.90. The van der Waals surface area contributed by atoms with Gasteiger partial charge in [-0.15, -0.1) is 0 Å². The molecule has 0 heterocycles. The van der Waals surface area contributed by atoms with Crippen LogP contribution in [0.4, 0.5) is 13.2 Å². The van der Waals surface area contributed by atoms with Crippen molar-refractivity contribution in [1.82, 2.24) is 5.32 Å². The molecule has 0 aliphatic heterocycles. The minimum Gasteiger partial charge on any atom is -0.394 e. The highest BCUT2D eigenvalue weighted by Gasteiger charge is 2.40. The Bertz CT molecular complexity index is 492. The maximum Gasteiger partial charge on any atom is 0.410 e. The number of aryl methyl sites for hydroxylation is 1. The predicted molar refractivity (Wildman–Crippen MR) is 69.9 cm³/mol. The van der Waals surface area contributed by atoms with Crippen LogP contribution < -0.4 is 5.32 Å². The van der Waals surface area contributed by atoms with Gasteiger partial charge >= 0.3 is 6.18 Å². The van der Waals surface area contributed by atoms with Crippen molar-refractivity contribution in [3.05, 3.63) is 41.0 Å². The van der Waals surface area contributed by atoms with Crippen molar-refractivity contribution in [1.29, 1.82) is 0 Å². The molecule has 0 spiro atoms. The molecule has 2 N–H and O–H groups in total. The Balaban J connectivity index is 2.78. The summed E-state index contributed by atoms with van der Waals surface area (Å²) in [5.74, 6) is -0.859. The minimum absolute atomic E-state index is 0.136. The average Bonchev–Trinajstić information content (AvgIpc) is 2.36. The van der Waals surface area contributed by atoms with E-state index in [9.17, 15) is 18.0 Å². The molecule has 0 saturated carbocycles. The van der Waals surface area contributed by atoms with Crippen LogP contribution in [-0.4, -0.2) is 29.8 Å². The van der Waals surface area contributed by atoms with Crippen LogP contribution in [0.5, 0.6) is 0 Å². The van der Waals surface area contributed by atoms with Crippen molar-refractivity contribution in [2.24, 2.45) is 0 Å². The van der Waals surface area contributed by atoms with E-state index in [1.807, 2.05) is 19.1 Å². The SMILES string of the molecule is CC(=Cc1ccc(C)cc1)C(=O)NC(CO)C(F)(F)F. The van der Waals surface area contributed by atoms with Crippen molar-refractivity contribution >= 4 is 12.0 Å². The van der Waals surface area contributed by atoms with Crippen LogP contribution >= 0.6 is 0 Å². The summed E-state index contributed by atoms with van der Waals surface area (Å²) < 4.78 is 37.3. The molecule has 1 aromatic carbocycles. The number of aliphatic hydroxyl groups excluding tert-OH is 1. The highest BCUT2D eigenvalue weighted by molar-refractivity contribution is 5.97. The number of nitrogens with one attached hydrogen (secondary N) is 1. The molecular formula is C14H16F3NO2. The first-order chi connectivity index (χ1) is 9.24. The van der Waals surface area contributed by atoms with Gasteiger partial charge in [0.05, 0.1) is 6.61 Å². The van der Waals surface area contributed by atoms with Gasteiger partial charge in [-0.05, 0) is 25.5 Å². The molecular weight excluding hydrogens is 271 g/mol. The lowest BCUT2D eigenvalue weighted by Crippen LogP contribution is -2.48. The lowest BCUT2D eigenvalue weighted by molar-refractivity contribution is -0.167. The Morgan fingerprint density at radius 3 is 2.35 bits per heavy atom. The standard InChI is InChI=1S/C14H16F3NO2/c1-9-3-5-11(6-4-9)7-10(2)13(20)18-12(8-19)14(15,16)17/h3-7,12,19H,8H2,1-2H3,(H,18,20). The number of amides is 1. The van der Waals surface area contributed by atoms with Gasteiger partial charge in [-0.25, -0.2) is 0 Å². The van der Waals surface area contributed by atoms with Crippen LogP contribution in [-0.2, 0) is 4.79 Å². The Labute approximate surface area is 115 Å². The third kappa shape index (κ3) is 4.70. The summed E-state index contributed by atoms with van der Waals surface area (Å²) in [6.45, 7) is 2.13. The van der Waals surface area contributed by atoms with E-state index >= 15 is 0 Å². The first-order valence-electron chi connectivity index (χ1n) is 5.97. The van der Waals surface area contributed by atoms with Crippen molar-refractivity contribution in [2.45, 2.75) is 26.1 Å². The largest absolute Gasteiger partial charge is 0.410 e. The van der Waals surface area contributed by atoms with Gasteiger partial charge in [0, 0.05) is 5.57 Å². The van der Waals surface area contributed by atoms with Gasteiger partial charge in [-0.2, -0.15) is 13.2 Å². The quantitative estimate of drug-likeness (QED) is 0.836. The van der Waals surface area contributed by atoms with Crippen molar-refractivity contribution in [3.63, 3.8) is 0 Å². The number of benzene rings is 1. The van der Waals surface area contributed by atoms with Crippen LogP contribution in [0.15, 0.2) is 29.8 Å². The fourth-order valence-electron chi connectivity index (χ4n) is 1.48. The molecule has 20 heavy (non-hydrogen) atoms. The van der Waals surface area contributed by atoms with E-state index in [1.54, 1.807) is 17.4 Å². The van der Waals surface area contributed by atoms with E-state index in [0.717, 1.165) is 11.1 Å². The molecule has 0 aliphatic rings. The first-order valence-corrected chi connectivity index (χ1v) is 5.97. The van der Waals surface area contributed by atoms with Gasteiger partial charge in [0.25, 0.3) is 0 Å². The first kappa shape index (κ1) is 16.2. The smallest absolute Gasteiger partial charge is 0.394 e. The monoisotopic (exact) mass is 287 g/mol. The van der Waals surface area contributed by atoms with Gasteiger partial charge in [-0.3, -0.25) is 4.79 Å². The number of aliphatic hydroxyl groups is 1. The number of hydrogen-bond donors (Lipinski definition) is 2. The summed E-state index contributed by atoms with van der Waals surface area (Å²) in [5, 5.41) is 10.4. The molecule has 1 amide bonds. The van der Waals surface area contributed by atoms with Crippen molar-refractivity contribution in [3.8, 4) is 0 Å². The second-order valence-electron chi connectivity index (χ2n) is 4.49. The van der Waals surface area contributed by atoms with Crippen LogP contribution in [0, 0.1) is 6.92 Å². The molecule has 110 valence electrons. The topological polar surface area (TPSA) is 49.3 Å². The van der Waals surface area contributed by atoms with E-state index in [2.05, 4.69) is 0 Å². The van der Waals surface area contributed by atoms with Gasteiger partial charge in [0.1, 0.15) is 6.04 Å². The summed E-state index contributed by atoms with van der Waals surface area (Å²) in [7, 11) is 0. The third-order valence-corrected chi connectivity index (χ3v) is 2.70. The number of halogens is 3. The maximum atomic E-state index is 12.4. The lowest BCUT2D eigenvalue weighted by atomic mass is 10.1. The van der Waals surface area contributed by atoms with Gasteiger partial charge in [-0.1, -0.05) is 29.8 Å². The van der Waals surface area contributed by atoms with Crippen molar-refractivity contribution < 1.29 is 23.1 Å². The molecule has 1 aromatic rings. The Hall–Kier alpha value is -1.82. The van der Waals surface area contributed by atoms with Crippen LogP contribution in [0.1, 0.15) is 18.1 Å². The summed E-state index contributed by atoms with van der Waals surface area (Å²) >= 11 is 0. The van der Waals surface area contributed by atoms with Crippen LogP contribution in [0.2, 0.25) is 0 Å². The molecule has 0 radical (unpaired) electrons. The maximum absolute atomic E-state index is 12.4. The van der Waals surface area contributed by atoms with Gasteiger partial charge < -0.3 is 10.4 Å². The molecule has 0 aromatic heterocycles.